The van der Waals surface area contributed by atoms with Crippen molar-refractivity contribution < 1.29 is 9.72 Å². The van der Waals surface area contributed by atoms with Gasteiger partial charge in [-0.15, -0.1) is 11.8 Å². The third kappa shape index (κ3) is 4.93. The predicted molar refractivity (Wildman–Crippen MR) is 64.1 cm³/mol. The summed E-state index contributed by atoms with van der Waals surface area (Å²) in [5.41, 5.74) is 1.12. The van der Waals surface area contributed by atoms with Crippen LogP contribution >= 0.6 is 11.8 Å². The SMILES string of the molecule is O=CCC(C[N+](=O)[O-])SCc1ccccc1. The Hall–Kier alpha value is -1.36. The molecule has 0 fully saturated rings. The van der Waals surface area contributed by atoms with E-state index in [9.17, 15) is 14.9 Å². The van der Waals surface area contributed by atoms with E-state index < -0.39 is 0 Å². The summed E-state index contributed by atoms with van der Waals surface area (Å²) in [7, 11) is 0. The van der Waals surface area contributed by atoms with Gasteiger partial charge in [0.1, 0.15) is 6.29 Å². The first kappa shape index (κ1) is 12.7. The number of hydrogen-bond acceptors (Lipinski definition) is 4. The monoisotopic (exact) mass is 239 g/mol. The first-order valence-corrected chi connectivity index (χ1v) is 5.98. The number of benzene rings is 1. The van der Waals surface area contributed by atoms with Gasteiger partial charge in [0.2, 0.25) is 6.54 Å². The number of thioether (sulfide) groups is 1. The van der Waals surface area contributed by atoms with Gasteiger partial charge in [-0.25, -0.2) is 0 Å². The number of nitro groups is 1. The van der Waals surface area contributed by atoms with E-state index in [2.05, 4.69) is 0 Å². The Balaban J connectivity index is 2.43. The molecular weight excluding hydrogens is 226 g/mol. The summed E-state index contributed by atoms with van der Waals surface area (Å²) in [4.78, 5) is 20.4. The fourth-order valence-corrected chi connectivity index (χ4v) is 2.32. The predicted octanol–water partition coefficient (Wildman–Crippen LogP) is 2.15. The van der Waals surface area contributed by atoms with Gasteiger partial charge < -0.3 is 4.79 Å². The summed E-state index contributed by atoms with van der Waals surface area (Å²) in [6.45, 7) is -0.157. The molecule has 0 bridgehead atoms. The molecule has 0 aliphatic heterocycles. The lowest BCUT2D eigenvalue weighted by Gasteiger charge is -2.08. The Labute approximate surface area is 98.2 Å². The fourth-order valence-electron chi connectivity index (χ4n) is 1.26. The van der Waals surface area contributed by atoms with E-state index in [0.29, 0.717) is 5.75 Å². The van der Waals surface area contributed by atoms with Gasteiger partial charge in [0.25, 0.3) is 0 Å². The van der Waals surface area contributed by atoms with Gasteiger partial charge in [-0.3, -0.25) is 10.1 Å². The van der Waals surface area contributed by atoms with E-state index in [1.165, 1.54) is 11.8 Å². The summed E-state index contributed by atoms with van der Waals surface area (Å²) in [6.07, 6.45) is 0.977. The highest BCUT2D eigenvalue weighted by Gasteiger charge is 2.15. The number of rotatable bonds is 7. The molecule has 0 aliphatic rings. The van der Waals surface area contributed by atoms with Gasteiger partial charge >= 0.3 is 0 Å². The molecule has 1 aromatic rings. The van der Waals surface area contributed by atoms with Crippen molar-refractivity contribution in [3.05, 3.63) is 46.0 Å². The highest BCUT2D eigenvalue weighted by molar-refractivity contribution is 7.99. The number of hydrogen-bond donors (Lipinski definition) is 0. The van der Waals surface area contributed by atoms with Crippen LogP contribution in [-0.2, 0) is 10.5 Å². The van der Waals surface area contributed by atoms with Crippen LogP contribution in [0.4, 0.5) is 0 Å². The molecule has 0 spiro atoms. The maximum Gasteiger partial charge on any atom is 0.216 e. The van der Waals surface area contributed by atoms with E-state index in [1.807, 2.05) is 30.3 Å². The van der Waals surface area contributed by atoms with E-state index in [4.69, 9.17) is 0 Å². The third-order valence-electron chi connectivity index (χ3n) is 2.04. The minimum atomic E-state index is -0.369. The van der Waals surface area contributed by atoms with Crippen LogP contribution in [-0.4, -0.2) is 23.0 Å². The van der Waals surface area contributed by atoms with Crippen LogP contribution in [0.2, 0.25) is 0 Å². The average Bonchev–Trinajstić information content (AvgIpc) is 2.27. The third-order valence-corrected chi connectivity index (χ3v) is 3.35. The first-order valence-electron chi connectivity index (χ1n) is 4.93. The Bertz CT molecular complexity index is 342. The molecule has 0 saturated heterocycles. The van der Waals surface area contributed by atoms with Crippen molar-refractivity contribution in [3.8, 4) is 0 Å². The molecule has 0 aliphatic carbocycles. The second-order valence-corrected chi connectivity index (χ2v) is 4.62. The molecule has 1 aromatic carbocycles. The average molecular weight is 239 g/mol. The van der Waals surface area contributed by atoms with Gasteiger partial charge in [-0.1, -0.05) is 30.3 Å². The van der Waals surface area contributed by atoms with Crippen molar-refractivity contribution in [2.45, 2.75) is 17.4 Å². The van der Waals surface area contributed by atoms with Crippen LogP contribution in [0.15, 0.2) is 30.3 Å². The van der Waals surface area contributed by atoms with Crippen molar-refractivity contribution in [2.75, 3.05) is 6.54 Å². The van der Waals surface area contributed by atoms with E-state index in [-0.39, 0.29) is 23.1 Å². The molecule has 0 heterocycles. The molecule has 1 rings (SSSR count). The van der Waals surface area contributed by atoms with Gasteiger partial charge in [0, 0.05) is 17.1 Å². The Morgan fingerprint density at radius 1 is 1.38 bits per heavy atom. The van der Waals surface area contributed by atoms with Crippen LogP contribution in [0.3, 0.4) is 0 Å². The molecule has 0 aromatic heterocycles. The molecule has 0 saturated carbocycles. The van der Waals surface area contributed by atoms with E-state index in [0.717, 1.165) is 11.8 Å². The number of aldehydes is 1. The summed E-state index contributed by atoms with van der Waals surface area (Å²) in [5, 5.41) is 10.1. The standard InChI is InChI=1S/C11H13NO3S/c13-7-6-11(8-12(14)15)16-9-10-4-2-1-3-5-10/h1-5,7,11H,6,8-9H2. The number of carbonyl (C=O) groups is 1. The van der Waals surface area contributed by atoms with E-state index in [1.54, 1.807) is 0 Å². The zero-order chi connectivity index (χ0) is 11.8. The number of carbonyl (C=O) groups excluding carboxylic acids is 1. The molecule has 4 nitrogen and oxygen atoms in total. The van der Waals surface area contributed by atoms with Gasteiger partial charge in [-0.05, 0) is 5.56 Å². The lowest BCUT2D eigenvalue weighted by Crippen LogP contribution is -2.17. The van der Waals surface area contributed by atoms with Crippen molar-refractivity contribution in [1.29, 1.82) is 0 Å². The second kappa shape index (κ2) is 7.00. The lowest BCUT2D eigenvalue weighted by atomic mass is 10.2. The Kier molecular flexibility index (Phi) is 5.56. The quantitative estimate of drug-likeness (QED) is 0.415. The van der Waals surface area contributed by atoms with Crippen molar-refractivity contribution in [3.63, 3.8) is 0 Å². The molecule has 0 amide bonds. The van der Waals surface area contributed by atoms with Crippen molar-refractivity contribution in [2.24, 2.45) is 0 Å². The first-order chi connectivity index (χ1) is 7.72. The molecular formula is C11H13NO3S. The normalized spacial score (nSPS) is 12.0. The minimum Gasteiger partial charge on any atom is -0.303 e. The van der Waals surface area contributed by atoms with Gasteiger partial charge in [0.15, 0.2) is 0 Å². The Morgan fingerprint density at radius 2 is 2.06 bits per heavy atom. The van der Waals surface area contributed by atoms with Gasteiger partial charge in [0.05, 0.1) is 5.25 Å². The Morgan fingerprint density at radius 3 is 2.62 bits per heavy atom. The van der Waals surface area contributed by atoms with Crippen LogP contribution in [0.5, 0.6) is 0 Å². The highest BCUT2D eigenvalue weighted by Crippen LogP contribution is 2.19. The minimum absolute atomic E-state index is 0.157. The zero-order valence-electron chi connectivity index (χ0n) is 8.74. The largest absolute Gasteiger partial charge is 0.303 e. The summed E-state index contributed by atoms with van der Waals surface area (Å²) < 4.78 is 0. The molecule has 1 unspecified atom stereocenters. The van der Waals surface area contributed by atoms with Crippen LogP contribution < -0.4 is 0 Å². The van der Waals surface area contributed by atoms with Crippen molar-refractivity contribution >= 4 is 18.0 Å². The molecule has 5 heteroatoms. The summed E-state index contributed by atoms with van der Waals surface area (Å²) >= 11 is 1.45. The highest BCUT2D eigenvalue weighted by atomic mass is 32.2. The maximum absolute atomic E-state index is 10.4. The fraction of sp³-hybridized carbons (Fsp3) is 0.364. The van der Waals surface area contributed by atoms with Crippen LogP contribution in [0.25, 0.3) is 0 Å². The van der Waals surface area contributed by atoms with Gasteiger partial charge in [-0.2, -0.15) is 0 Å². The number of nitrogens with zero attached hydrogens (tertiary/aromatic N) is 1. The summed E-state index contributed by atoms with van der Waals surface area (Å²) in [5.74, 6) is 0.702. The van der Waals surface area contributed by atoms with Crippen molar-refractivity contribution in [1.82, 2.24) is 0 Å². The van der Waals surface area contributed by atoms with Crippen LogP contribution in [0, 0.1) is 10.1 Å². The zero-order valence-corrected chi connectivity index (χ0v) is 9.56. The molecule has 0 N–H and O–H groups in total. The lowest BCUT2D eigenvalue weighted by molar-refractivity contribution is -0.478. The molecule has 1 atom stereocenters. The maximum atomic E-state index is 10.4. The molecule has 16 heavy (non-hydrogen) atoms. The van der Waals surface area contributed by atoms with E-state index >= 15 is 0 Å². The second-order valence-electron chi connectivity index (χ2n) is 3.34. The molecule has 0 radical (unpaired) electrons. The topological polar surface area (TPSA) is 60.2 Å². The smallest absolute Gasteiger partial charge is 0.216 e. The van der Waals surface area contributed by atoms with Crippen LogP contribution in [0.1, 0.15) is 12.0 Å². The summed E-state index contributed by atoms with van der Waals surface area (Å²) in [6, 6.07) is 9.72. The molecule has 86 valence electrons.